The molecule has 4 rings (SSSR count). The number of nitrogens with one attached hydrogen (secondary N) is 1. The van der Waals surface area contributed by atoms with Gasteiger partial charge in [-0.15, -0.1) is 0 Å². The first-order chi connectivity index (χ1) is 12.2. The van der Waals surface area contributed by atoms with Gasteiger partial charge < -0.3 is 5.32 Å². The van der Waals surface area contributed by atoms with E-state index < -0.39 is 0 Å². The Morgan fingerprint density at radius 2 is 1.88 bits per heavy atom. The molecule has 25 heavy (non-hydrogen) atoms. The van der Waals surface area contributed by atoms with Crippen molar-refractivity contribution in [1.29, 1.82) is 0 Å². The third-order valence-electron chi connectivity index (χ3n) is 4.54. The molecule has 0 saturated heterocycles. The van der Waals surface area contributed by atoms with E-state index in [1.165, 1.54) is 22.5 Å². The SMILES string of the molecule is O=C(CCC(=O)c1ccc2c(c1)CCC2)Nc1nc2ccccc2s1. The van der Waals surface area contributed by atoms with Gasteiger partial charge in [0.25, 0.3) is 0 Å². The van der Waals surface area contributed by atoms with Crippen molar-refractivity contribution in [2.75, 3.05) is 5.32 Å². The fourth-order valence-electron chi connectivity index (χ4n) is 3.22. The number of anilines is 1. The molecule has 0 radical (unpaired) electrons. The van der Waals surface area contributed by atoms with Gasteiger partial charge in [-0.3, -0.25) is 9.59 Å². The molecule has 1 aromatic heterocycles. The first-order valence-corrected chi connectivity index (χ1v) is 9.31. The predicted molar refractivity (Wildman–Crippen MR) is 100 cm³/mol. The van der Waals surface area contributed by atoms with Gasteiger partial charge in [0.05, 0.1) is 10.2 Å². The zero-order chi connectivity index (χ0) is 17.2. The molecule has 0 bridgehead atoms. The molecule has 126 valence electrons. The van der Waals surface area contributed by atoms with Crippen LogP contribution < -0.4 is 5.32 Å². The Bertz CT molecular complexity index is 928. The molecule has 0 spiro atoms. The highest BCUT2D eigenvalue weighted by molar-refractivity contribution is 7.22. The Kier molecular flexibility index (Phi) is 4.32. The lowest BCUT2D eigenvalue weighted by Crippen LogP contribution is -2.13. The lowest BCUT2D eigenvalue weighted by atomic mass is 10.0. The maximum Gasteiger partial charge on any atom is 0.226 e. The van der Waals surface area contributed by atoms with Crippen LogP contribution in [0.3, 0.4) is 0 Å². The molecule has 4 nitrogen and oxygen atoms in total. The van der Waals surface area contributed by atoms with Crippen molar-refractivity contribution < 1.29 is 9.59 Å². The number of ketones is 1. The Morgan fingerprint density at radius 3 is 2.76 bits per heavy atom. The lowest BCUT2D eigenvalue weighted by molar-refractivity contribution is -0.116. The van der Waals surface area contributed by atoms with Gasteiger partial charge in [-0.2, -0.15) is 0 Å². The van der Waals surface area contributed by atoms with Crippen molar-refractivity contribution in [1.82, 2.24) is 4.98 Å². The summed E-state index contributed by atoms with van der Waals surface area (Å²) in [5.74, 6) is -0.150. The molecular formula is C20H18N2O2S. The highest BCUT2D eigenvalue weighted by atomic mass is 32.1. The second kappa shape index (κ2) is 6.76. The van der Waals surface area contributed by atoms with Gasteiger partial charge in [-0.25, -0.2) is 4.98 Å². The lowest BCUT2D eigenvalue weighted by Gasteiger charge is -2.05. The summed E-state index contributed by atoms with van der Waals surface area (Å²) in [6.45, 7) is 0. The van der Waals surface area contributed by atoms with Crippen LogP contribution in [0.2, 0.25) is 0 Å². The molecule has 0 atom stereocenters. The topological polar surface area (TPSA) is 59.1 Å². The molecule has 1 heterocycles. The summed E-state index contributed by atoms with van der Waals surface area (Å²) in [4.78, 5) is 28.8. The van der Waals surface area contributed by atoms with Crippen LogP contribution in [0.5, 0.6) is 0 Å². The summed E-state index contributed by atoms with van der Waals surface area (Å²) in [5, 5.41) is 3.38. The van der Waals surface area contributed by atoms with Crippen molar-refractivity contribution in [3.05, 3.63) is 59.2 Å². The molecular weight excluding hydrogens is 332 g/mol. The number of para-hydroxylation sites is 1. The first kappa shape index (κ1) is 16.0. The molecule has 3 aromatic rings. The quantitative estimate of drug-likeness (QED) is 0.695. The number of benzene rings is 2. The molecule has 5 heteroatoms. The van der Waals surface area contributed by atoms with E-state index in [0.29, 0.717) is 10.7 Å². The maximum absolute atomic E-state index is 12.3. The van der Waals surface area contributed by atoms with E-state index in [0.717, 1.165) is 29.5 Å². The van der Waals surface area contributed by atoms with Gasteiger partial charge in [0, 0.05) is 18.4 Å². The molecule has 0 unspecified atom stereocenters. The van der Waals surface area contributed by atoms with E-state index in [9.17, 15) is 9.59 Å². The van der Waals surface area contributed by atoms with Gasteiger partial charge in [0.15, 0.2) is 10.9 Å². The molecule has 2 aromatic carbocycles. The second-order valence-corrected chi connectivity index (χ2v) is 7.33. The Labute approximate surface area is 149 Å². The van der Waals surface area contributed by atoms with E-state index in [4.69, 9.17) is 0 Å². The number of carbonyl (C=O) groups is 2. The van der Waals surface area contributed by atoms with Crippen LogP contribution >= 0.6 is 11.3 Å². The van der Waals surface area contributed by atoms with Gasteiger partial charge in [0.2, 0.25) is 5.91 Å². The Hall–Kier alpha value is -2.53. The fourth-order valence-corrected chi connectivity index (χ4v) is 4.11. The summed E-state index contributed by atoms with van der Waals surface area (Å²) in [6, 6.07) is 13.7. The number of Topliss-reactive ketones (excluding diaryl/α,β-unsaturated/α-hetero) is 1. The predicted octanol–water partition coefficient (Wildman–Crippen LogP) is 4.39. The first-order valence-electron chi connectivity index (χ1n) is 8.49. The average molecular weight is 350 g/mol. The average Bonchev–Trinajstić information content (AvgIpc) is 3.24. The van der Waals surface area contributed by atoms with E-state index in [2.05, 4.69) is 16.4 Å². The molecule has 1 N–H and O–H groups in total. The highest BCUT2D eigenvalue weighted by Crippen LogP contribution is 2.26. The summed E-state index contributed by atoms with van der Waals surface area (Å²) < 4.78 is 1.03. The minimum Gasteiger partial charge on any atom is -0.302 e. The third-order valence-corrected chi connectivity index (χ3v) is 5.49. The zero-order valence-electron chi connectivity index (χ0n) is 13.7. The summed E-state index contributed by atoms with van der Waals surface area (Å²) in [5.41, 5.74) is 4.22. The number of carbonyl (C=O) groups excluding carboxylic acids is 2. The Balaban J connectivity index is 1.35. The number of fused-ring (bicyclic) bond motifs is 2. The van der Waals surface area contributed by atoms with Crippen molar-refractivity contribution >= 4 is 38.4 Å². The van der Waals surface area contributed by atoms with Crippen LogP contribution in [-0.4, -0.2) is 16.7 Å². The smallest absolute Gasteiger partial charge is 0.226 e. The molecule has 0 saturated carbocycles. The number of hydrogen-bond donors (Lipinski definition) is 1. The number of aryl methyl sites for hydroxylation is 2. The molecule has 1 aliphatic rings. The van der Waals surface area contributed by atoms with Gasteiger partial charge in [-0.1, -0.05) is 35.6 Å². The summed E-state index contributed by atoms with van der Waals surface area (Å²) in [7, 11) is 0. The summed E-state index contributed by atoms with van der Waals surface area (Å²) in [6.07, 6.45) is 3.71. The van der Waals surface area contributed by atoms with Crippen LogP contribution in [0.1, 0.15) is 40.7 Å². The molecule has 0 aliphatic heterocycles. The van der Waals surface area contributed by atoms with Crippen LogP contribution in [-0.2, 0) is 17.6 Å². The van der Waals surface area contributed by atoms with Crippen molar-refractivity contribution in [3.63, 3.8) is 0 Å². The third kappa shape index (κ3) is 3.46. The van der Waals surface area contributed by atoms with Crippen LogP contribution in [0.15, 0.2) is 42.5 Å². The summed E-state index contributed by atoms with van der Waals surface area (Å²) >= 11 is 1.44. The van der Waals surface area contributed by atoms with E-state index in [1.807, 2.05) is 36.4 Å². The second-order valence-electron chi connectivity index (χ2n) is 6.30. The van der Waals surface area contributed by atoms with Crippen molar-refractivity contribution in [3.8, 4) is 0 Å². The van der Waals surface area contributed by atoms with Gasteiger partial charge >= 0.3 is 0 Å². The Morgan fingerprint density at radius 1 is 1.04 bits per heavy atom. The number of rotatable bonds is 5. The van der Waals surface area contributed by atoms with Crippen molar-refractivity contribution in [2.24, 2.45) is 0 Å². The number of aromatic nitrogens is 1. The molecule has 1 aliphatic carbocycles. The normalized spacial score (nSPS) is 13.0. The number of hydrogen-bond acceptors (Lipinski definition) is 4. The van der Waals surface area contributed by atoms with Crippen LogP contribution in [0.25, 0.3) is 10.2 Å². The minimum atomic E-state index is -0.173. The standard InChI is InChI=1S/C20H18N2O2S/c23-17(15-9-8-13-4-3-5-14(13)12-15)10-11-19(24)22-20-21-16-6-1-2-7-18(16)25-20/h1-2,6-9,12H,3-5,10-11H2,(H,21,22,24). The highest BCUT2D eigenvalue weighted by Gasteiger charge is 2.15. The largest absolute Gasteiger partial charge is 0.302 e. The van der Waals surface area contributed by atoms with Crippen molar-refractivity contribution in [2.45, 2.75) is 32.1 Å². The zero-order valence-corrected chi connectivity index (χ0v) is 14.6. The minimum absolute atomic E-state index is 0.0224. The molecule has 0 fully saturated rings. The van der Waals surface area contributed by atoms with Crippen LogP contribution in [0.4, 0.5) is 5.13 Å². The van der Waals surface area contributed by atoms with Crippen LogP contribution in [0, 0.1) is 0 Å². The number of amides is 1. The monoisotopic (exact) mass is 350 g/mol. The van der Waals surface area contributed by atoms with E-state index in [1.54, 1.807) is 0 Å². The van der Waals surface area contributed by atoms with E-state index >= 15 is 0 Å². The fraction of sp³-hybridized carbons (Fsp3) is 0.250. The molecule has 1 amide bonds. The number of thiazole rings is 1. The maximum atomic E-state index is 12.3. The van der Waals surface area contributed by atoms with Gasteiger partial charge in [0.1, 0.15) is 0 Å². The number of nitrogens with zero attached hydrogens (tertiary/aromatic N) is 1. The van der Waals surface area contributed by atoms with E-state index in [-0.39, 0.29) is 24.5 Å². The van der Waals surface area contributed by atoms with Gasteiger partial charge in [-0.05, 0) is 48.6 Å².